The largest absolute Gasteiger partial charge is 0.481 e. The van der Waals surface area contributed by atoms with Gasteiger partial charge in [0.15, 0.2) is 5.60 Å². The third-order valence-electron chi connectivity index (χ3n) is 9.36. The molecule has 4 aliphatic rings. The van der Waals surface area contributed by atoms with Crippen molar-refractivity contribution < 1.29 is 28.3 Å². The summed E-state index contributed by atoms with van der Waals surface area (Å²) in [4.78, 5) is 16.6. The van der Waals surface area contributed by atoms with E-state index >= 15 is 0 Å². The van der Waals surface area contributed by atoms with Crippen LogP contribution in [0.5, 0.6) is 11.5 Å². The molecular weight excluding hydrogens is 614 g/mol. The minimum absolute atomic E-state index is 0.241. The molecule has 8 nitrogen and oxygen atoms in total. The molecule has 49 heavy (non-hydrogen) atoms. The number of anilines is 1. The first-order valence-electron chi connectivity index (χ1n) is 16.9. The molecule has 246 valence electrons. The van der Waals surface area contributed by atoms with Crippen LogP contribution in [0.3, 0.4) is 0 Å². The number of hydrogen-bond donors (Lipinski definition) is 1. The maximum atomic E-state index is 14.2. The Kier molecular flexibility index (Phi) is 8.46. The summed E-state index contributed by atoms with van der Waals surface area (Å²) in [6.07, 6.45) is 3.56. The first-order chi connectivity index (χ1) is 24.1. The summed E-state index contributed by atoms with van der Waals surface area (Å²) in [5.41, 5.74) is 4.18. The van der Waals surface area contributed by atoms with Gasteiger partial charge in [-0.3, -0.25) is 9.69 Å². The summed E-state index contributed by atoms with van der Waals surface area (Å²) >= 11 is 0. The average Bonchev–Trinajstić information content (AvgIpc) is 3.72. The quantitative estimate of drug-likeness (QED) is 0.148. The molecule has 3 unspecified atom stereocenters. The number of carbonyl (C=O) groups is 1. The molecule has 1 amide bonds. The third-order valence-corrected chi connectivity index (χ3v) is 9.36. The maximum absolute atomic E-state index is 14.2. The summed E-state index contributed by atoms with van der Waals surface area (Å²) in [7, 11) is 0. The molecule has 8 rings (SSSR count). The molecule has 0 aromatic heterocycles. The highest BCUT2D eigenvalue weighted by molar-refractivity contribution is 6.07. The lowest BCUT2D eigenvalue weighted by molar-refractivity contribution is -0.508. The fraction of sp³-hybridized carbons (Fsp3) is 0.244. The fourth-order valence-corrected chi connectivity index (χ4v) is 7.13. The Morgan fingerprint density at radius 3 is 2.33 bits per heavy atom. The van der Waals surface area contributed by atoms with Crippen LogP contribution in [0, 0.1) is 0 Å². The van der Waals surface area contributed by atoms with Crippen LogP contribution in [0.2, 0.25) is 0 Å². The van der Waals surface area contributed by atoms with E-state index in [2.05, 4.69) is 63.1 Å². The minimum Gasteiger partial charge on any atom is -0.481 e. The summed E-state index contributed by atoms with van der Waals surface area (Å²) in [6.45, 7) is 6.62. The molecule has 4 heterocycles. The zero-order valence-electron chi connectivity index (χ0n) is 27.4. The summed E-state index contributed by atoms with van der Waals surface area (Å²) < 4.78 is 26.8. The van der Waals surface area contributed by atoms with Crippen LogP contribution < -0.4 is 10.1 Å². The number of para-hydroxylation sites is 2. The standard InChI is InChI=1S/C41H37N3O5/c1-2-47-36-28-44(32-9-5-3-6-10-32)39(30-15-13-29(14-16-30)27-43-23-25-46-26-24-43)41-22-21-35(49-41)37(38(36)41)40(45)42-31-17-19-34(20-18-31)48-33-11-7-4-8-12-33/h3-22,35,39H,2,23-27H2,1H3/p+1. The van der Waals surface area contributed by atoms with E-state index in [4.69, 9.17) is 18.9 Å². The zero-order chi connectivity index (χ0) is 33.2. The Balaban J connectivity index is 1.16. The first-order valence-corrected chi connectivity index (χ1v) is 16.9. The van der Waals surface area contributed by atoms with Crippen LogP contribution in [0.1, 0.15) is 24.1 Å². The number of amides is 1. The normalized spacial score (nSPS) is 22.7. The molecule has 2 bridgehead atoms. The van der Waals surface area contributed by atoms with Gasteiger partial charge in [-0.2, -0.15) is 0 Å². The number of nitrogens with zero attached hydrogens (tertiary/aromatic N) is 2. The van der Waals surface area contributed by atoms with Crippen LogP contribution in [-0.4, -0.2) is 65.9 Å². The van der Waals surface area contributed by atoms with Gasteiger partial charge in [0.25, 0.3) is 5.91 Å². The van der Waals surface area contributed by atoms with Gasteiger partial charge in [0.2, 0.25) is 23.4 Å². The molecule has 1 spiro atoms. The lowest BCUT2D eigenvalue weighted by atomic mass is 9.76. The van der Waals surface area contributed by atoms with Crippen LogP contribution in [0.4, 0.5) is 11.4 Å². The molecule has 0 aliphatic carbocycles. The predicted molar refractivity (Wildman–Crippen MR) is 187 cm³/mol. The van der Waals surface area contributed by atoms with Crippen molar-refractivity contribution in [3.05, 3.63) is 149 Å². The van der Waals surface area contributed by atoms with E-state index in [0.29, 0.717) is 29.4 Å². The van der Waals surface area contributed by atoms with E-state index in [9.17, 15) is 4.79 Å². The molecule has 3 atom stereocenters. The molecule has 0 radical (unpaired) electrons. The Morgan fingerprint density at radius 1 is 0.918 bits per heavy atom. The maximum Gasteiger partial charge on any atom is 0.255 e. The number of ether oxygens (including phenoxy) is 4. The van der Waals surface area contributed by atoms with Crippen LogP contribution >= 0.6 is 0 Å². The highest BCUT2D eigenvalue weighted by Gasteiger charge is 2.64. The molecule has 4 aromatic rings. The van der Waals surface area contributed by atoms with Gasteiger partial charge in [-0.25, -0.2) is 0 Å². The van der Waals surface area contributed by atoms with E-state index in [1.54, 1.807) is 0 Å². The number of carbonyl (C=O) groups excluding carboxylic acids is 1. The topological polar surface area (TPSA) is 72.3 Å². The average molecular weight is 653 g/mol. The van der Waals surface area contributed by atoms with Crippen molar-refractivity contribution in [2.75, 3.05) is 38.2 Å². The van der Waals surface area contributed by atoms with Gasteiger partial charge in [-0.1, -0.05) is 66.7 Å². The van der Waals surface area contributed by atoms with Crippen LogP contribution in [0.15, 0.2) is 138 Å². The van der Waals surface area contributed by atoms with E-state index in [1.165, 1.54) is 5.56 Å². The second-order valence-corrected chi connectivity index (χ2v) is 12.5. The van der Waals surface area contributed by atoms with Crippen LogP contribution in [-0.2, 0) is 25.5 Å². The molecular formula is C41H38N3O5+. The predicted octanol–water partition coefficient (Wildman–Crippen LogP) is 6.94. The number of hydrogen-bond acceptors (Lipinski definition) is 6. The summed E-state index contributed by atoms with van der Waals surface area (Å²) in [6, 6.07) is 35.5. The Bertz CT molecular complexity index is 1960. The van der Waals surface area contributed by atoms with Gasteiger partial charge in [-0.15, -0.1) is 4.58 Å². The van der Waals surface area contributed by atoms with Gasteiger partial charge in [0.05, 0.1) is 31.0 Å². The lowest BCUT2D eigenvalue weighted by Gasteiger charge is -2.34. The van der Waals surface area contributed by atoms with E-state index in [-0.39, 0.29) is 11.9 Å². The Hall–Kier alpha value is -5.24. The fourth-order valence-electron chi connectivity index (χ4n) is 7.13. The van der Waals surface area contributed by atoms with Crippen molar-refractivity contribution in [3.63, 3.8) is 0 Å². The highest BCUT2D eigenvalue weighted by Crippen LogP contribution is 2.55. The molecule has 4 aromatic carbocycles. The van der Waals surface area contributed by atoms with E-state index in [1.807, 2.05) is 85.8 Å². The van der Waals surface area contributed by atoms with E-state index in [0.717, 1.165) is 55.4 Å². The molecule has 1 saturated heterocycles. The molecule has 1 N–H and O–H groups in total. The number of nitrogens with one attached hydrogen (secondary N) is 1. The van der Waals surface area contributed by atoms with Gasteiger partial charge in [0, 0.05) is 43.0 Å². The van der Waals surface area contributed by atoms with Gasteiger partial charge in [0.1, 0.15) is 17.6 Å². The van der Waals surface area contributed by atoms with Crippen LogP contribution in [0.25, 0.3) is 0 Å². The first kappa shape index (κ1) is 31.1. The molecule has 1 fully saturated rings. The number of fused-ring (bicyclic) bond motifs is 1. The Labute approximate surface area is 286 Å². The highest BCUT2D eigenvalue weighted by atomic mass is 16.5. The third kappa shape index (κ3) is 6.01. The van der Waals surface area contributed by atoms with Gasteiger partial charge >= 0.3 is 0 Å². The molecule has 4 aliphatic heterocycles. The SMILES string of the molecule is CCOC1=C=[N+](c2ccccc2)C(c2ccc(CN3CCOCC3)cc2)C23C=CC(O2)C(C(=O)Nc2ccc(Oc4ccccc4)cc2)=C13. The van der Waals surface area contributed by atoms with Crippen molar-refractivity contribution in [1.82, 2.24) is 4.90 Å². The van der Waals surface area contributed by atoms with Crippen molar-refractivity contribution >= 4 is 23.2 Å². The summed E-state index contributed by atoms with van der Waals surface area (Å²) in [5.74, 6) is 5.26. The zero-order valence-corrected chi connectivity index (χ0v) is 27.4. The lowest BCUT2D eigenvalue weighted by Crippen LogP contribution is -2.44. The van der Waals surface area contributed by atoms with Crippen molar-refractivity contribution in [3.8, 4) is 11.5 Å². The molecule has 8 heteroatoms. The number of morpholine rings is 1. The number of benzene rings is 4. The number of rotatable bonds is 10. The minimum atomic E-state index is -0.970. The Morgan fingerprint density at radius 2 is 1.61 bits per heavy atom. The monoisotopic (exact) mass is 652 g/mol. The van der Waals surface area contributed by atoms with Gasteiger partial charge < -0.3 is 24.3 Å². The van der Waals surface area contributed by atoms with Crippen molar-refractivity contribution in [2.24, 2.45) is 0 Å². The van der Waals surface area contributed by atoms with Crippen molar-refractivity contribution in [2.45, 2.75) is 31.2 Å². The van der Waals surface area contributed by atoms with Gasteiger partial charge in [-0.05, 0) is 55.0 Å². The summed E-state index contributed by atoms with van der Waals surface area (Å²) in [5, 5.41) is 3.11. The second kappa shape index (κ2) is 13.3. The van der Waals surface area contributed by atoms with Crippen molar-refractivity contribution in [1.29, 1.82) is 0 Å². The smallest absolute Gasteiger partial charge is 0.255 e. The second-order valence-electron chi connectivity index (χ2n) is 12.5. The molecule has 0 saturated carbocycles. The van der Waals surface area contributed by atoms with E-state index < -0.39 is 11.7 Å².